The van der Waals surface area contributed by atoms with Crippen LogP contribution in [0.25, 0.3) is 11.3 Å². The molecule has 0 saturated heterocycles. The number of rotatable bonds is 9. The number of alkyl halides is 3. The molecule has 0 saturated carbocycles. The summed E-state index contributed by atoms with van der Waals surface area (Å²) >= 11 is 0. The van der Waals surface area contributed by atoms with E-state index in [1.165, 1.54) is 24.3 Å². The van der Waals surface area contributed by atoms with Crippen molar-refractivity contribution in [2.45, 2.75) is 44.9 Å². The second-order valence-electron chi connectivity index (χ2n) is 7.12. The van der Waals surface area contributed by atoms with Crippen molar-refractivity contribution < 1.29 is 37.4 Å². The lowest BCUT2D eigenvalue weighted by Gasteiger charge is -2.21. The molecule has 0 spiro atoms. The molecule has 0 bridgehead atoms. The maximum absolute atomic E-state index is 12.7. The Balaban J connectivity index is 2.13. The molecule has 2 atom stereocenters. The zero-order chi connectivity index (χ0) is 21.8. The largest absolute Gasteiger partial charge is 0.480 e. The van der Waals surface area contributed by atoms with E-state index < -0.39 is 35.8 Å². The van der Waals surface area contributed by atoms with Crippen LogP contribution in [0.15, 0.2) is 40.8 Å². The van der Waals surface area contributed by atoms with E-state index in [9.17, 15) is 33.0 Å². The third-order valence-electron chi connectivity index (χ3n) is 4.27. The molecule has 1 heterocycles. The van der Waals surface area contributed by atoms with Gasteiger partial charge in [-0.05, 0) is 36.6 Å². The highest BCUT2D eigenvalue weighted by atomic mass is 19.4. The SMILES string of the molecule is CC(C)C[C@H](NC(Cc1ccc(-c2ccc(C(F)(F)F)cc2)o1)C(=O)O)C(=O)O. The minimum atomic E-state index is -4.44. The minimum absolute atomic E-state index is 0.0490. The maximum Gasteiger partial charge on any atom is 0.416 e. The van der Waals surface area contributed by atoms with Gasteiger partial charge in [-0.1, -0.05) is 26.0 Å². The quantitative estimate of drug-likeness (QED) is 0.574. The van der Waals surface area contributed by atoms with Gasteiger partial charge in [0.1, 0.15) is 23.6 Å². The summed E-state index contributed by atoms with van der Waals surface area (Å²) in [5.41, 5.74) is -0.375. The third-order valence-corrected chi connectivity index (χ3v) is 4.27. The Bertz CT molecular complexity index is 843. The molecule has 9 heteroatoms. The Hall–Kier alpha value is -2.81. The predicted octanol–water partition coefficient (Wildman–Crippen LogP) is 4.05. The molecule has 0 aliphatic carbocycles. The lowest BCUT2D eigenvalue weighted by molar-refractivity contribution is -0.143. The number of carbonyl (C=O) groups is 2. The molecule has 2 rings (SSSR count). The van der Waals surface area contributed by atoms with Crippen molar-refractivity contribution in [2.75, 3.05) is 0 Å². The fourth-order valence-corrected chi connectivity index (χ4v) is 2.84. The van der Waals surface area contributed by atoms with Crippen molar-refractivity contribution in [2.24, 2.45) is 5.92 Å². The van der Waals surface area contributed by atoms with E-state index in [0.29, 0.717) is 5.56 Å². The number of carboxylic acids is 2. The summed E-state index contributed by atoms with van der Waals surface area (Å²) in [6, 6.07) is 5.22. The third kappa shape index (κ3) is 6.35. The molecule has 0 aliphatic heterocycles. The van der Waals surface area contributed by atoms with Crippen molar-refractivity contribution in [1.29, 1.82) is 0 Å². The summed E-state index contributed by atoms with van der Waals surface area (Å²) < 4.78 is 43.5. The van der Waals surface area contributed by atoms with E-state index in [-0.39, 0.29) is 30.3 Å². The molecule has 2 aromatic rings. The van der Waals surface area contributed by atoms with Crippen LogP contribution in [0.1, 0.15) is 31.6 Å². The second-order valence-corrected chi connectivity index (χ2v) is 7.12. The van der Waals surface area contributed by atoms with E-state index in [1.54, 1.807) is 0 Å². The van der Waals surface area contributed by atoms with Gasteiger partial charge < -0.3 is 14.6 Å². The Kier molecular flexibility index (Phi) is 7.07. The standard InChI is InChI=1S/C20H22F3NO5/c1-11(2)9-15(18(25)26)24-16(19(27)28)10-14-7-8-17(29-14)12-3-5-13(6-4-12)20(21,22)23/h3-8,11,15-16,24H,9-10H2,1-2H3,(H,25,26)(H,27,28)/t15-,16?/m0/s1. The number of hydrogen-bond acceptors (Lipinski definition) is 4. The van der Waals surface area contributed by atoms with Crippen LogP contribution >= 0.6 is 0 Å². The Morgan fingerprint density at radius 2 is 1.59 bits per heavy atom. The number of hydrogen-bond donors (Lipinski definition) is 3. The highest BCUT2D eigenvalue weighted by molar-refractivity contribution is 5.77. The summed E-state index contributed by atoms with van der Waals surface area (Å²) in [5, 5.41) is 21.3. The second kappa shape index (κ2) is 9.13. The lowest BCUT2D eigenvalue weighted by atomic mass is 10.0. The fourth-order valence-electron chi connectivity index (χ4n) is 2.84. The predicted molar refractivity (Wildman–Crippen MR) is 98.3 cm³/mol. The van der Waals surface area contributed by atoms with Crippen molar-refractivity contribution in [1.82, 2.24) is 5.32 Å². The summed E-state index contributed by atoms with van der Waals surface area (Å²) in [6.45, 7) is 3.66. The number of benzene rings is 1. The van der Waals surface area contributed by atoms with Crippen LogP contribution in [0.2, 0.25) is 0 Å². The zero-order valence-electron chi connectivity index (χ0n) is 15.9. The van der Waals surface area contributed by atoms with E-state index in [1.807, 2.05) is 13.8 Å². The Labute approximate surface area is 165 Å². The number of carboxylic acid groups (broad SMARTS) is 2. The normalized spacial score (nSPS) is 14.0. The van der Waals surface area contributed by atoms with Gasteiger partial charge in [0, 0.05) is 12.0 Å². The van der Waals surface area contributed by atoms with Gasteiger partial charge in [0.2, 0.25) is 0 Å². The molecule has 1 unspecified atom stereocenters. The van der Waals surface area contributed by atoms with Crippen molar-refractivity contribution >= 4 is 11.9 Å². The summed E-state index contributed by atoms with van der Waals surface area (Å²) in [4.78, 5) is 22.9. The molecular formula is C20H22F3NO5. The van der Waals surface area contributed by atoms with Gasteiger partial charge in [-0.25, -0.2) is 0 Å². The average Bonchev–Trinajstić information content (AvgIpc) is 3.07. The van der Waals surface area contributed by atoms with Gasteiger partial charge in [0.05, 0.1) is 5.56 Å². The van der Waals surface area contributed by atoms with Gasteiger partial charge in [0.15, 0.2) is 0 Å². The van der Waals surface area contributed by atoms with Crippen LogP contribution < -0.4 is 5.32 Å². The van der Waals surface area contributed by atoms with Crippen LogP contribution in [0.3, 0.4) is 0 Å². The van der Waals surface area contributed by atoms with Crippen LogP contribution in [-0.4, -0.2) is 34.2 Å². The molecule has 0 aliphatic rings. The molecule has 29 heavy (non-hydrogen) atoms. The highest BCUT2D eigenvalue weighted by Gasteiger charge is 2.30. The van der Waals surface area contributed by atoms with Crippen LogP contribution in [-0.2, 0) is 22.2 Å². The summed E-state index contributed by atoms with van der Waals surface area (Å²) in [7, 11) is 0. The van der Waals surface area contributed by atoms with Crippen LogP contribution in [0.4, 0.5) is 13.2 Å². The van der Waals surface area contributed by atoms with Crippen molar-refractivity contribution in [3.05, 3.63) is 47.7 Å². The van der Waals surface area contributed by atoms with Crippen LogP contribution in [0.5, 0.6) is 0 Å². The van der Waals surface area contributed by atoms with Gasteiger partial charge in [-0.15, -0.1) is 0 Å². The highest BCUT2D eigenvalue weighted by Crippen LogP contribution is 2.31. The van der Waals surface area contributed by atoms with Gasteiger partial charge in [-0.2, -0.15) is 13.2 Å². The van der Waals surface area contributed by atoms with Crippen molar-refractivity contribution in [3.63, 3.8) is 0 Å². The number of aliphatic carboxylic acids is 2. The molecular weight excluding hydrogens is 391 g/mol. The van der Waals surface area contributed by atoms with Gasteiger partial charge in [0.25, 0.3) is 0 Å². The average molecular weight is 413 g/mol. The van der Waals surface area contributed by atoms with E-state index in [4.69, 9.17) is 4.42 Å². The van der Waals surface area contributed by atoms with Gasteiger partial charge >= 0.3 is 18.1 Å². The van der Waals surface area contributed by atoms with Crippen LogP contribution in [0, 0.1) is 5.92 Å². The first-order chi connectivity index (χ1) is 13.5. The molecule has 0 fully saturated rings. The number of furan rings is 1. The number of halogens is 3. The summed E-state index contributed by atoms with van der Waals surface area (Å²) in [6.07, 6.45) is -4.30. The topological polar surface area (TPSA) is 99.8 Å². The van der Waals surface area contributed by atoms with E-state index in [0.717, 1.165) is 12.1 Å². The monoisotopic (exact) mass is 413 g/mol. The van der Waals surface area contributed by atoms with E-state index >= 15 is 0 Å². The molecule has 0 radical (unpaired) electrons. The Morgan fingerprint density at radius 1 is 1.00 bits per heavy atom. The molecule has 3 N–H and O–H groups in total. The molecule has 1 aromatic heterocycles. The molecule has 6 nitrogen and oxygen atoms in total. The van der Waals surface area contributed by atoms with Gasteiger partial charge in [-0.3, -0.25) is 14.9 Å². The first-order valence-corrected chi connectivity index (χ1v) is 8.95. The maximum atomic E-state index is 12.7. The molecule has 1 aromatic carbocycles. The first kappa shape index (κ1) is 22.5. The number of nitrogens with one attached hydrogen (secondary N) is 1. The first-order valence-electron chi connectivity index (χ1n) is 8.95. The zero-order valence-corrected chi connectivity index (χ0v) is 15.9. The summed E-state index contributed by atoms with van der Waals surface area (Å²) in [5.74, 6) is -1.77. The van der Waals surface area contributed by atoms with Crippen molar-refractivity contribution in [3.8, 4) is 11.3 Å². The smallest absolute Gasteiger partial charge is 0.416 e. The lowest BCUT2D eigenvalue weighted by Crippen LogP contribution is -2.48. The minimum Gasteiger partial charge on any atom is -0.480 e. The fraction of sp³-hybridized carbons (Fsp3) is 0.400. The van der Waals surface area contributed by atoms with E-state index in [2.05, 4.69) is 5.32 Å². The Morgan fingerprint density at radius 3 is 2.07 bits per heavy atom. The molecule has 158 valence electrons. The molecule has 0 amide bonds.